The summed E-state index contributed by atoms with van der Waals surface area (Å²) in [6, 6.07) is 6.25. The van der Waals surface area contributed by atoms with Gasteiger partial charge in [-0.1, -0.05) is 18.2 Å². The van der Waals surface area contributed by atoms with Crippen LogP contribution in [0.15, 0.2) is 30.6 Å². The van der Waals surface area contributed by atoms with Gasteiger partial charge < -0.3 is 4.90 Å². The molecule has 3 heterocycles. The van der Waals surface area contributed by atoms with Crippen molar-refractivity contribution in [1.29, 1.82) is 0 Å². The molecule has 0 radical (unpaired) electrons. The summed E-state index contributed by atoms with van der Waals surface area (Å²) in [5.74, 6) is 0.177. The molecule has 0 saturated heterocycles. The fraction of sp³-hybridized carbons (Fsp3) is 0.316. The van der Waals surface area contributed by atoms with Crippen molar-refractivity contribution in [2.24, 2.45) is 0 Å². The van der Waals surface area contributed by atoms with Crippen LogP contribution in [0.25, 0.3) is 11.0 Å². The number of amides is 1. The van der Waals surface area contributed by atoms with Crippen LogP contribution in [0.3, 0.4) is 0 Å². The first-order valence-electron chi connectivity index (χ1n) is 8.25. The topological polar surface area (TPSA) is 61.9 Å². The molecular formula is C19H20N4O. The molecule has 1 aliphatic heterocycles. The Kier molecular flexibility index (Phi) is 3.56. The molecule has 122 valence electrons. The van der Waals surface area contributed by atoms with Crippen molar-refractivity contribution < 1.29 is 4.79 Å². The van der Waals surface area contributed by atoms with E-state index in [9.17, 15) is 4.79 Å². The Balaban J connectivity index is 1.53. The van der Waals surface area contributed by atoms with Crippen LogP contribution in [-0.2, 0) is 24.2 Å². The number of hydrogen-bond acceptors (Lipinski definition) is 3. The van der Waals surface area contributed by atoms with Gasteiger partial charge in [-0.25, -0.2) is 4.98 Å². The fourth-order valence-corrected chi connectivity index (χ4v) is 3.37. The number of aryl methyl sites for hydroxylation is 2. The SMILES string of the molecule is Cc1ccc(CC(=O)N2CCc3c(cnc4[nH]ncc34)C2)cc1C. The van der Waals surface area contributed by atoms with Gasteiger partial charge in [0, 0.05) is 24.7 Å². The van der Waals surface area contributed by atoms with Gasteiger partial charge in [-0.2, -0.15) is 5.10 Å². The summed E-state index contributed by atoms with van der Waals surface area (Å²) in [5.41, 5.74) is 6.79. The number of rotatable bonds is 2. The van der Waals surface area contributed by atoms with Gasteiger partial charge >= 0.3 is 0 Å². The van der Waals surface area contributed by atoms with Crippen LogP contribution >= 0.6 is 0 Å². The highest BCUT2D eigenvalue weighted by molar-refractivity contribution is 5.82. The quantitative estimate of drug-likeness (QED) is 0.790. The maximum atomic E-state index is 12.7. The van der Waals surface area contributed by atoms with Crippen molar-refractivity contribution in [3.05, 3.63) is 58.4 Å². The number of nitrogens with one attached hydrogen (secondary N) is 1. The minimum absolute atomic E-state index is 0.177. The smallest absolute Gasteiger partial charge is 0.227 e. The third kappa shape index (κ3) is 2.56. The second-order valence-electron chi connectivity index (χ2n) is 6.55. The molecule has 0 bridgehead atoms. The van der Waals surface area contributed by atoms with Crippen LogP contribution in [0.1, 0.15) is 27.8 Å². The molecule has 0 spiro atoms. The number of aromatic nitrogens is 3. The van der Waals surface area contributed by atoms with Gasteiger partial charge in [-0.05, 0) is 48.1 Å². The highest BCUT2D eigenvalue weighted by atomic mass is 16.2. The number of fused-ring (bicyclic) bond motifs is 3. The minimum atomic E-state index is 0.177. The Bertz CT molecular complexity index is 928. The summed E-state index contributed by atoms with van der Waals surface area (Å²) >= 11 is 0. The molecule has 0 fully saturated rings. The zero-order chi connectivity index (χ0) is 16.7. The lowest BCUT2D eigenvalue weighted by Gasteiger charge is -2.29. The lowest BCUT2D eigenvalue weighted by molar-refractivity contribution is -0.131. The van der Waals surface area contributed by atoms with Crippen molar-refractivity contribution in [3.63, 3.8) is 0 Å². The monoisotopic (exact) mass is 320 g/mol. The Morgan fingerprint density at radius 2 is 2.12 bits per heavy atom. The summed E-state index contributed by atoms with van der Waals surface area (Å²) in [6.07, 6.45) is 5.00. The number of pyridine rings is 1. The summed E-state index contributed by atoms with van der Waals surface area (Å²) in [4.78, 5) is 19.0. The van der Waals surface area contributed by atoms with Gasteiger partial charge in [-0.3, -0.25) is 9.89 Å². The first-order chi connectivity index (χ1) is 11.6. The lowest BCUT2D eigenvalue weighted by Crippen LogP contribution is -2.37. The number of carbonyl (C=O) groups excluding carboxylic acids is 1. The molecule has 0 saturated carbocycles. The highest BCUT2D eigenvalue weighted by Gasteiger charge is 2.23. The second-order valence-corrected chi connectivity index (χ2v) is 6.55. The van der Waals surface area contributed by atoms with Gasteiger partial charge in [0.1, 0.15) is 0 Å². The zero-order valence-corrected chi connectivity index (χ0v) is 14.0. The third-order valence-electron chi connectivity index (χ3n) is 4.95. The standard InChI is InChI=1S/C19H20N4O/c1-12-3-4-14(7-13(12)2)8-18(24)23-6-5-16-15(11-23)9-20-19-17(16)10-21-22-19/h3-4,7,9-10H,5-6,8,11H2,1-2H3,(H,20,21,22). The number of carbonyl (C=O) groups is 1. The van der Waals surface area contributed by atoms with Crippen molar-refractivity contribution >= 4 is 16.9 Å². The van der Waals surface area contributed by atoms with E-state index >= 15 is 0 Å². The lowest BCUT2D eigenvalue weighted by atomic mass is 9.98. The maximum absolute atomic E-state index is 12.7. The number of H-pyrrole nitrogens is 1. The molecule has 0 aliphatic carbocycles. The Morgan fingerprint density at radius 3 is 2.96 bits per heavy atom. The van der Waals surface area contributed by atoms with Crippen LogP contribution in [-0.4, -0.2) is 32.5 Å². The molecule has 5 heteroatoms. The van der Waals surface area contributed by atoms with Crippen LogP contribution in [0.2, 0.25) is 0 Å². The van der Waals surface area contributed by atoms with E-state index in [0.29, 0.717) is 13.0 Å². The number of aromatic amines is 1. The molecule has 5 nitrogen and oxygen atoms in total. The predicted octanol–water partition coefficient (Wildman–Crippen LogP) is 2.70. The molecular weight excluding hydrogens is 300 g/mol. The van der Waals surface area contributed by atoms with E-state index in [0.717, 1.165) is 35.1 Å². The highest BCUT2D eigenvalue weighted by Crippen LogP contribution is 2.25. The van der Waals surface area contributed by atoms with E-state index in [1.54, 1.807) is 0 Å². The average molecular weight is 320 g/mol. The molecule has 1 N–H and O–H groups in total. The van der Waals surface area contributed by atoms with Gasteiger partial charge in [0.25, 0.3) is 0 Å². The molecule has 1 aromatic carbocycles. The van der Waals surface area contributed by atoms with Crippen LogP contribution in [0, 0.1) is 13.8 Å². The third-order valence-corrected chi connectivity index (χ3v) is 4.95. The first kappa shape index (κ1) is 14.9. The molecule has 3 aromatic rings. The van der Waals surface area contributed by atoms with Crippen LogP contribution in [0.4, 0.5) is 0 Å². The molecule has 0 unspecified atom stereocenters. The van der Waals surface area contributed by atoms with E-state index in [1.807, 2.05) is 17.3 Å². The molecule has 2 aromatic heterocycles. The van der Waals surface area contributed by atoms with Crippen LogP contribution < -0.4 is 0 Å². The second kappa shape index (κ2) is 5.74. The van der Waals surface area contributed by atoms with Gasteiger partial charge in [0.05, 0.1) is 12.6 Å². The van der Waals surface area contributed by atoms with Crippen molar-refractivity contribution in [2.45, 2.75) is 33.2 Å². The molecule has 0 atom stereocenters. The van der Waals surface area contributed by atoms with Crippen LogP contribution in [0.5, 0.6) is 0 Å². The van der Waals surface area contributed by atoms with Gasteiger partial charge in [-0.15, -0.1) is 0 Å². The molecule has 1 aliphatic rings. The van der Waals surface area contributed by atoms with E-state index < -0.39 is 0 Å². The van der Waals surface area contributed by atoms with E-state index in [2.05, 4.69) is 47.2 Å². The molecule has 4 rings (SSSR count). The average Bonchev–Trinajstić information content (AvgIpc) is 3.06. The number of nitrogens with zero attached hydrogens (tertiary/aromatic N) is 3. The largest absolute Gasteiger partial charge is 0.338 e. The fourth-order valence-electron chi connectivity index (χ4n) is 3.37. The zero-order valence-electron chi connectivity index (χ0n) is 14.0. The summed E-state index contributed by atoms with van der Waals surface area (Å²) < 4.78 is 0. The van der Waals surface area contributed by atoms with Gasteiger partial charge in [0.15, 0.2) is 5.65 Å². The molecule has 1 amide bonds. The first-order valence-corrected chi connectivity index (χ1v) is 8.25. The van der Waals surface area contributed by atoms with Gasteiger partial charge in [0.2, 0.25) is 5.91 Å². The van der Waals surface area contributed by atoms with Crippen molar-refractivity contribution in [2.75, 3.05) is 6.54 Å². The summed E-state index contributed by atoms with van der Waals surface area (Å²) in [7, 11) is 0. The normalized spacial score (nSPS) is 14.0. The van der Waals surface area contributed by atoms with Crippen molar-refractivity contribution in [3.8, 4) is 0 Å². The maximum Gasteiger partial charge on any atom is 0.227 e. The Hall–Kier alpha value is -2.69. The Labute approximate surface area is 140 Å². The number of benzene rings is 1. The predicted molar refractivity (Wildman–Crippen MR) is 92.6 cm³/mol. The van der Waals surface area contributed by atoms with E-state index in [-0.39, 0.29) is 5.91 Å². The van der Waals surface area contributed by atoms with E-state index in [4.69, 9.17) is 0 Å². The summed E-state index contributed by atoms with van der Waals surface area (Å²) in [5, 5.41) is 8.05. The minimum Gasteiger partial charge on any atom is -0.338 e. The summed E-state index contributed by atoms with van der Waals surface area (Å²) in [6.45, 7) is 5.56. The number of hydrogen-bond donors (Lipinski definition) is 1. The van der Waals surface area contributed by atoms with Crippen molar-refractivity contribution in [1.82, 2.24) is 20.1 Å². The van der Waals surface area contributed by atoms with E-state index in [1.165, 1.54) is 16.7 Å². The Morgan fingerprint density at radius 1 is 1.25 bits per heavy atom. The molecule has 24 heavy (non-hydrogen) atoms.